The van der Waals surface area contributed by atoms with Gasteiger partial charge in [-0.05, 0) is 145 Å². The monoisotopic (exact) mass is 850 g/mol. The van der Waals surface area contributed by atoms with Crippen molar-refractivity contribution in [2.75, 3.05) is 20.4 Å². The molecule has 314 valence electrons. The third kappa shape index (κ3) is 11.4. The molecule has 7 aromatic carbocycles. The van der Waals surface area contributed by atoms with Crippen molar-refractivity contribution in [1.29, 1.82) is 0 Å². The highest BCUT2D eigenvalue weighted by Gasteiger charge is 2.24. The van der Waals surface area contributed by atoms with Crippen LogP contribution in [0.3, 0.4) is 0 Å². The van der Waals surface area contributed by atoms with E-state index >= 15 is 0 Å². The molecule has 0 saturated carbocycles. The maximum atomic E-state index is 13.1. The van der Waals surface area contributed by atoms with Crippen LogP contribution < -0.4 is 43.0 Å². The molecule has 0 saturated heterocycles. The Morgan fingerprint density at radius 3 is 1.29 bits per heavy atom. The van der Waals surface area contributed by atoms with Gasteiger partial charge in [-0.25, -0.2) is 9.59 Å². The van der Waals surface area contributed by atoms with Crippen LogP contribution in [0.25, 0.3) is 0 Å². The molecule has 0 bridgehead atoms. The first kappa shape index (κ1) is 42.6. The van der Waals surface area contributed by atoms with E-state index in [0.29, 0.717) is 57.1 Å². The van der Waals surface area contributed by atoms with Crippen LogP contribution in [0.5, 0.6) is 57.5 Å². The van der Waals surface area contributed by atoms with Gasteiger partial charge in [-0.1, -0.05) is 56.3 Å². The molecule has 0 N–H and O–H groups in total. The molecule has 0 amide bonds. The van der Waals surface area contributed by atoms with E-state index in [2.05, 4.69) is 13.8 Å². The van der Waals surface area contributed by atoms with Crippen molar-refractivity contribution in [3.63, 3.8) is 0 Å². The van der Waals surface area contributed by atoms with Gasteiger partial charge in [0.2, 0.25) is 0 Å². The van der Waals surface area contributed by atoms with Crippen LogP contribution in [-0.2, 0) is 14.8 Å². The number of ether oxygens (including phenoxy) is 7. The lowest BCUT2D eigenvalue weighted by atomic mass is 9.78. The van der Waals surface area contributed by atoms with E-state index in [0.717, 1.165) is 16.9 Å². The molecule has 0 aliphatic heterocycles. The first-order valence-electron chi connectivity index (χ1n) is 19.5. The summed E-state index contributed by atoms with van der Waals surface area (Å²) in [4.78, 5) is 25.2. The van der Waals surface area contributed by atoms with Gasteiger partial charge < -0.3 is 37.7 Å². The van der Waals surface area contributed by atoms with Crippen molar-refractivity contribution in [3.05, 3.63) is 187 Å². The van der Waals surface area contributed by atoms with E-state index in [1.165, 1.54) is 0 Å². The summed E-state index contributed by atoms with van der Waals surface area (Å²) < 4.78 is 57.7. The number of carbonyl (C=O) groups excluding carboxylic acids is 2. The Morgan fingerprint density at radius 2 is 0.839 bits per heavy atom. The van der Waals surface area contributed by atoms with Gasteiger partial charge in [-0.3, -0.25) is 4.57 Å². The molecule has 0 aromatic heterocycles. The summed E-state index contributed by atoms with van der Waals surface area (Å²) in [6, 6.07) is 51.0. The Balaban J connectivity index is 0.838. The van der Waals surface area contributed by atoms with Crippen LogP contribution in [0, 0.1) is 0 Å². The van der Waals surface area contributed by atoms with E-state index in [1.54, 1.807) is 147 Å². The predicted octanol–water partition coefficient (Wildman–Crippen LogP) is 11.8. The predicted molar refractivity (Wildman–Crippen MR) is 235 cm³/mol. The van der Waals surface area contributed by atoms with Crippen LogP contribution >= 0.6 is 7.37 Å². The Labute approximate surface area is 359 Å². The Kier molecular flexibility index (Phi) is 13.2. The molecular weight excluding hydrogens is 808 g/mol. The smallest absolute Gasteiger partial charge is 0.497 e. The zero-order valence-electron chi connectivity index (χ0n) is 34.4. The van der Waals surface area contributed by atoms with Crippen LogP contribution in [0.2, 0.25) is 0 Å². The summed E-state index contributed by atoms with van der Waals surface area (Å²) in [5, 5.41) is 0.639. The normalized spacial score (nSPS) is 11.9. The molecule has 11 nitrogen and oxygen atoms in total. The lowest BCUT2D eigenvalue weighted by Crippen LogP contribution is -2.20. The van der Waals surface area contributed by atoms with Crippen LogP contribution in [0.1, 0.15) is 25.0 Å². The minimum Gasteiger partial charge on any atom is -0.497 e. The molecule has 1 unspecified atom stereocenters. The average molecular weight is 851 g/mol. The van der Waals surface area contributed by atoms with Crippen molar-refractivity contribution in [1.82, 2.24) is 0 Å². The topological polar surface area (TPSA) is 125 Å². The standard InChI is InChI=1S/C50H43O11P/c1-50(2,36-12-16-44(17-13-36)59-49(52)60-45-28-26-41(27-29-45)56-39-22-18-37(54-3)19-23-39)35-10-14-43(15-11-35)58-48(51)34-55-38-20-24-40(25-21-38)57-42-30-32-46(33-31-42)61-62(4,53)47-8-6-5-7-9-47/h5-33H,34H2,1-4H3. The van der Waals surface area contributed by atoms with Crippen molar-refractivity contribution in [2.45, 2.75) is 19.3 Å². The van der Waals surface area contributed by atoms with Crippen molar-refractivity contribution in [3.8, 4) is 57.5 Å². The van der Waals surface area contributed by atoms with Gasteiger partial charge in [0.25, 0.3) is 7.37 Å². The van der Waals surface area contributed by atoms with Crippen molar-refractivity contribution >= 4 is 24.8 Å². The molecule has 7 aromatic rings. The van der Waals surface area contributed by atoms with E-state index < -0.39 is 24.9 Å². The van der Waals surface area contributed by atoms with Gasteiger partial charge in [0.15, 0.2) is 6.61 Å². The Hall–Kier alpha value is -7.49. The SMILES string of the molecule is COc1ccc(Oc2ccc(OC(=O)Oc3ccc(C(C)(C)c4ccc(OC(=O)COc5ccc(Oc6ccc(OP(C)(=O)c7ccccc7)cc6)cc5)cc4)cc3)cc2)cc1. The largest absolute Gasteiger partial charge is 0.519 e. The minimum absolute atomic E-state index is 0.298. The highest BCUT2D eigenvalue weighted by Crippen LogP contribution is 2.42. The molecule has 1 atom stereocenters. The quantitative estimate of drug-likeness (QED) is 0.0399. The molecule has 12 heteroatoms. The van der Waals surface area contributed by atoms with E-state index in [1.807, 2.05) is 42.5 Å². The third-order valence-electron chi connectivity index (χ3n) is 9.65. The highest BCUT2D eigenvalue weighted by molar-refractivity contribution is 7.66. The first-order valence-corrected chi connectivity index (χ1v) is 21.6. The van der Waals surface area contributed by atoms with Crippen molar-refractivity contribution in [2.24, 2.45) is 0 Å². The molecule has 0 aliphatic carbocycles. The molecule has 0 fully saturated rings. The summed E-state index contributed by atoms with van der Waals surface area (Å²) in [6.45, 7) is 5.42. The number of carbonyl (C=O) groups is 2. The van der Waals surface area contributed by atoms with E-state index in [4.69, 9.17) is 37.7 Å². The number of methoxy groups -OCH3 is 1. The molecule has 0 spiro atoms. The Bertz CT molecular complexity index is 2610. The number of benzene rings is 7. The first-order chi connectivity index (χ1) is 29.9. The van der Waals surface area contributed by atoms with Gasteiger partial charge in [0, 0.05) is 17.4 Å². The minimum atomic E-state index is -3.03. The van der Waals surface area contributed by atoms with Gasteiger partial charge in [-0.2, -0.15) is 0 Å². The average Bonchev–Trinajstić information content (AvgIpc) is 3.28. The maximum Gasteiger partial charge on any atom is 0.519 e. The summed E-state index contributed by atoms with van der Waals surface area (Å²) in [5.41, 5.74) is 1.51. The second kappa shape index (κ2) is 19.3. The number of hydrogen-bond acceptors (Lipinski definition) is 11. The summed E-state index contributed by atoms with van der Waals surface area (Å²) in [6.07, 6.45) is -0.874. The molecule has 0 aliphatic rings. The van der Waals surface area contributed by atoms with Gasteiger partial charge >= 0.3 is 12.1 Å². The molecule has 62 heavy (non-hydrogen) atoms. The third-order valence-corrected chi connectivity index (χ3v) is 11.4. The summed E-state index contributed by atoms with van der Waals surface area (Å²) in [5.74, 6) is 4.44. The lowest BCUT2D eigenvalue weighted by molar-refractivity contribution is -0.136. The summed E-state index contributed by atoms with van der Waals surface area (Å²) >= 11 is 0. The molecule has 7 rings (SSSR count). The van der Waals surface area contributed by atoms with Gasteiger partial charge in [0.05, 0.1) is 7.11 Å². The zero-order chi connectivity index (χ0) is 43.5. The van der Waals surface area contributed by atoms with Crippen LogP contribution in [0.15, 0.2) is 176 Å². The fourth-order valence-electron chi connectivity index (χ4n) is 6.18. The van der Waals surface area contributed by atoms with Gasteiger partial charge in [0.1, 0.15) is 57.5 Å². The molecule has 0 radical (unpaired) electrons. The number of hydrogen-bond donors (Lipinski definition) is 0. The Morgan fingerprint density at radius 1 is 0.468 bits per heavy atom. The second-order valence-corrected chi connectivity index (χ2v) is 16.8. The lowest BCUT2D eigenvalue weighted by Gasteiger charge is -2.26. The number of rotatable bonds is 16. The van der Waals surface area contributed by atoms with Crippen molar-refractivity contribution < 1.29 is 51.8 Å². The van der Waals surface area contributed by atoms with Crippen LogP contribution in [-0.4, -0.2) is 32.5 Å². The summed E-state index contributed by atoms with van der Waals surface area (Å²) in [7, 11) is -1.43. The van der Waals surface area contributed by atoms with E-state index in [-0.39, 0.29) is 6.61 Å². The molecular formula is C50H43O11P. The van der Waals surface area contributed by atoms with Crippen LogP contribution in [0.4, 0.5) is 4.79 Å². The maximum absolute atomic E-state index is 13.1. The molecule has 0 heterocycles. The zero-order valence-corrected chi connectivity index (χ0v) is 35.3. The fraction of sp³-hybridized carbons (Fsp3) is 0.120. The highest BCUT2D eigenvalue weighted by atomic mass is 31.2. The number of esters is 1. The fourth-order valence-corrected chi connectivity index (χ4v) is 7.52. The second-order valence-electron chi connectivity index (χ2n) is 14.5. The van der Waals surface area contributed by atoms with E-state index in [9.17, 15) is 14.2 Å². The van der Waals surface area contributed by atoms with Gasteiger partial charge in [-0.15, -0.1) is 0 Å².